The third-order valence-corrected chi connectivity index (χ3v) is 7.50. The summed E-state index contributed by atoms with van der Waals surface area (Å²) < 4.78 is 36.1. The van der Waals surface area contributed by atoms with Gasteiger partial charge in [-0.3, -0.25) is 4.79 Å². The molecule has 0 unspecified atom stereocenters. The number of benzene rings is 2. The molecule has 1 aromatic heterocycles. The molecule has 162 valence electrons. The van der Waals surface area contributed by atoms with Crippen LogP contribution in [0.15, 0.2) is 46.7 Å². The first-order valence-corrected chi connectivity index (χ1v) is 12.3. The number of thiazole rings is 1. The van der Waals surface area contributed by atoms with Crippen LogP contribution in [0, 0.1) is 13.8 Å². The minimum absolute atomic E-state index is 0.107. The molecule has 2 aromatic carbocycles. The first-order valence-electron chi connectivity index (χ1n) is 9.77. The van der Waals surface area contributed by atoms with Crippen LogP contribution in [0.5, 0.6) is 11.5 Å². The fourth-order valence-electron chi connectivity index (χ4n) is 3.11. The fourth-order valence-corrected chi connectivity index (χ4v) is 5.10. The van der Waals surface area contributed by atoms with Crippen molar-refractivity contribution in [3.63, 3.8) is 0 Å². The maximum atomic E-state index is 12.6. The van der Waals surface area contributed by atoms with Gasteiger partial charge >= 0.3 is 0 Å². The highest BCUT2D eigenvalue weighted by molar-refractivity contribution is 7.91. The van der Waals surface area contributed by atoms with E-state index in [4.69, 9.17) is 9.47 Å². The van der Waals surface area contributed by atoms with E-state index < -0.39 is 15.7 Å². The van der Waals surface area contributed by atoms with Gasteiger partial charge in [-0.15, -0.1) is 11.3 Å². The maximum absolute atomic E-state index is 12.6. The highest BCUT2D eigenvalue weighted by atomic mass is 32.2. The van der Waals surface area contributed by atoms with E-state index in [0.29, 0.717) is 29.8 Å². The number of rotatable bonds is 6. The number of fused-ring (bicyclic) bond motifs is 1. The number of carbonyl (C=O) groups excluding carboxylic acids is 1. The van der Waals surface area contributed by atoms with Gasteiger partial charge in [-0.05, 0) is 43.2 Å². The molecule has 2 heterocycles. The van der Waals surface area contributed by atoms with E-state index in [9.17, 15) is 13.2 Å². The second kappa shape index (κ2) is 8.68. The summed E-state index contributed by atoms with van der Waals surface area (Å²) in [5.74, 6) is 0.209. The number of hydrogen-bond acceptors (Lipinski definition) is 7. The molecule has 0 radical (unpaired) electrons. The number of sulfone groups is 1. The van der Waals surface area contributed by atoms with Gasteiger partial charge in [0, 0.05) is 23.4 Å². The van der Waals surface area contributed by atoms with Gasteiger partial charge in [-0.25, -0.2) is 13.4 Å². The Morgan fingerprint density at radius 1 is 1.06 bits per heavy atom. The predicted molar refractivity (Wildman–Crippen MR) is 120 cm³/mol. The largest absolute Gasteiger partial charge is 0.486 e. The second-order valence-corrected chi connectivity index (χ2v) is 10.2. The zero-order valence-electron chi connectivity index (χ0n) is 17.2. The minimum Gasteiger partial charge on any atom is -0.486 e. The molecule has 1 N–H and O–H groups in total. The number of aromatic nitrogens is 1. The molecule has 1 aliphatic heterocycles. The smallest absolute Gasteiger partial charge is 0.227 e. The van der Waals surface area contributed by atoms with E-state index in [-0.39, 0.29) is 17.1 Å². The molecule has 31 heavy (non-hydrogen) atoms. The van der Waals surface area contributed by atoms with E-state index in [0.717, 1.165) is 11.3 Å². The first kappa shape index (κ1) is 21.3. The minimum atomic E-state index is -3.64. The van der Waals surface area contributed by atoms with Crippen LogP contribution >= 0.6 is 11.3 Å². The summed E-state index contributed by atoms with van der Waals surface area (Å²) in [4.78, 5) is 16.9. The molecule has 1 amide bonds. The normalized spacial score (nSPS) is 13.1. The summed E-state index contributed by atoms with van der Waals surface area (Å²) in [7, 11) is -3.64. The third-order valence-electron chi connectivity index (χ3n) is 5.02. The zero-order valence-corrected chi connectivity index (χ0v) is 18.8. The molecule has 1 aliphatic rings. The zero-order chi connectivity index (χ0) is 22.0. The van der Waals surface area contributed by atoms with Crippen molar-refractivity contribution in [1.29, 1.82) is 0 Å². The second-order valence-electron chi connectivity index (χ2n) is 7.26. The van der Waals surface area contributed by atoms with Crippen LogP contribution in [-0.4, -0.2) is 38.3 Å². The summed E-state index contributed by atoms with van der Waals surface area (Å²) in [5.41, 5.74) is 4.11. The van der Waals surface area contributed by atoms with Crippen molar-refractivity contribution in [3.05, 3.63) is 52.9 Å². The average molecular weight is 459 g/mol. The Balaban J connectivity index is 1.38. The van der Waals surface area contributed by atoms with Gasteiger partial charge in [0.25, 0.3) is 0 Å². The summed E-state index contributed by atoms with van der Waals surface area (Å²) in [5, 5.41) is 5.00. The maximum Gasteiger partial charge on any atom is 0.227 e. The quantitative estimate of drug-likeness (QED) is 0.600. The Morgan fingerprint density at radius 2 is 1.84 bits per heavy atom. The molecular weight excluding hydrogens is 436 g/mol. The van der Waals surface area contributed by atoms with Gasteiger partial charge in [0.1, 0.15) is 13.2 Å². The molecule has 0 spiro atoms. The van der Waals surface area contributed by atoms with E-state index in [2.05, 4.69) is 16.4 Å². The van der Waals surface area contributed by atoms with E-state index in [1.54, 1.807) is 6.07 Å². The Labute approximate surface area is 185 Å². The number of carbonyl (C=O) groups is 1. The lowest BCUT2D eigenvalue weighted by Crippen LogP contribution is -2.18. The number of hydrogen-bond donors (Lipinski definition) is 1. The number of nitrogens with zero attached hydrogens (tertiary/aromatic N) is 1. The van der Waals surface area contributed by atoms with Gasteiger partial charge in [0.15, 0.2) is 26.5 Å². The third kappa shape index (κ3) is 4.88. The topological polar surface area (TPSA) is 94.6 Å². The van der Waals surface area contributed by atoms with Crippen molar-refractivity contribution < 1.29 is 22.7 Å². The number of ether oxygens (including phenoxy) is 2. The average Bonchev–Trinajstić information content (AvgIpc) is 3.22. The van der Waals surface area contributed by atoms with Gasteiger partial charge in [-0.1, -0.05) is 12.1 Å². The number of aryl methyl sites for hydroxylation is 2. The van der Waals surface area contributed by atoms with Crippen LogP contribution in [-0.2, 0) is 14.6 Å². The lowest BCUT2D eigenvalue weighted by Gasteiger charge is -2.18. The van der Waals surface area contributed by atoms with Crippen molar-refractivity contribution in [2.24, 2.45) is 0 Å². The van der Waals surface area contributed by atoms with Crippen molar-refractivity contribution in [1.82, 2.24) is 4.98 Å². The van der Waals surface area contributed by atoms with Crippen LogP contribution in [0.25, 0.3) is 11.3 Å². The summed E-state index contributed by atoms with van der Waals surface area (Å²) in [6.07, 6.45) is -0.171. The number of nitrogens with one attached hydrogen (secondary N) is 1. The number of amides is 1. The van der Waals surface area contributed by atoms with Crippen molar-refractivity contribution >= 4 is 32.2 Å². The molecular formula is C22H22N2O5S2. The lowest BCUT2D eigenvalue weighted by atomic mass is 10.1. The molecule has 0 saturated heterocycles. The molecule has 4 rings (SSSR count). The Hall–Kier alpha value is -2.91. The highest BCUT2D eigenvalue weighted by Gasteiger charge is 2.21. The molecule has 3 aromatic rings. The molecule has 7 nitrogen and oxygen atoms in total. The van der Waals surface area contributed by atoms with Crippen molar-refractivity contribution in [2.75, 3.05) is 24.3 Å². The fraction of sp³-hybridized carbons (Fsp3) is 0.273. The number of anilines is 1. The van der Waals surface area contributed by atoms with Crippen LogP contribution < -0.4 is 14.8 Å². The van der Waals surface area contributed by atoms with Gasteiger partial charge in [0.05, 0.1) is 16.3 Å². The lowest BCUT2D eigenvalue weighted by molar-refractivity contribution is -0.115. The summed E-state index contributed by atoms with van der Waals surface area (Å²) in [6, 6.07) is 10.6. The molecule has 0 atom stereocenters. The van der Waals surface area contributed by atoms with E-state index in [1.807, 2.05) is 31.4 Å². The molecule has 0 saturated carbocycles. The molecule has 0 aliphatic carbocycles. The Morgan fingerprint density at radius 3 is 2.61 bits per heavy atom. The first-order chi connectivity index (χ1) is 14.8. The van der Waals surface area contributed by atoms with Gasteiger partial charge < -0.3 is 14.8 Å². The summed E-state index contributed by atoms with van der Waals surface area (Å²) in [6.45, 7) is 4.89. The molecule has 0 bridgehead atoms. The van der Waals surface area contributed by atoms with Crippen LogP contribution in [0.4, 0.5) is 5.13 Å². The van der Waals surface area contributed by atoms with Crippen molar-refractivity contribution in [2.45, 2.75) is 25.2 Å². The SMILES string of the molecule is Cc1ccc(-c2csc(NC(=O)CCS(=O)(=O)c3ccc4c(c3)OCCO4)n2)cc1C. The van der Waals surface area contributed by atoms with Crippen LogP contribution in [0.2, 0.25) is 0 Å². The molecule has 9 heteroatoms. The van der Waals surface area contributed by atoms with E-state index in [1.165, 1.54) is 34.6 Å². The van der Waals surface area contributed by atoms with Gasteiger partial charge in [0.2, 0.25) is 5.91 Å². The monoisotopic (exact) mass is 458 g/mol. The Bertz CT molecular complexity index is 1230. The van der Waals surface area contributed by atoms with Crippen LogP contribution in [0.3, 0.4) is 0 Å². The van der Waals surface area contributed by atoms with Gasteiger partial charge in [-0.2, -0.15) is 0 Å². The Kier molecular flexibility index (Phi) is 5.97. The standard InChI is InChI=1S/C22H22N2O5S2/c1-14-3-4-16(11-15(14)2)18-13-30-22(23-18)24-21(25)7-10-31(26,27)17-5-6-19-20(12-17)29-9-8-28-19/h3-6,11-13H,7-10H2,1-2H3,(H,23,24,25). The summed E-state index contributed by atoms with van der Waals surface area (Å²) >= 11 is 1.31. The predicted octanol–water partition coefficient (Wildman–Crippen LogP) is 4.00. The molecule has 0 fully saturated rings. The van der Waals surface area contributed by atoms with Crippen molar-refractivity contribution in [3.8, 4) is 22.8 Å². The highest BCUT2D eigenvalue weighted by Crippen LogP contribution is 2.32. The van der Waals surface area contributed by atoms with E-state index >= 15 is 0 Å². The van der Waals surface area contributed by atoms with Crippen LogP contribution in [0.1, 0.15) is 17.5 Å².